The Labute approximate surface area is 104 Å². The van der Waals surface area contributed by atoms with E-state index in [0.29, 0.717) is 5.92 Å². The standard InChI is InChI=1S/C12H24N4O/c1-11-4-3-5-15(10-11)12(17)13-16-8-6-14(2)7-9-16/h11H,3-10H2,1-2H3,(H,13,17). The molecule has 0 bridgehead atoms. The highest BCUT2D eigenvalue weighted by Crippen LogP contribution is 2.15. The van der Waals surface area contributed by atoms with Gasteiger partial charge in [0, 0.05) is 39.3 Å². The average Bonchev–Trinajstić information content (AvgIpc) is 2.32. The van der Waals surface area contributed by atoms with Crippen LogP contribution in [0.5, 0.6) is 0 Å². The first-order valence-electron chi connectivity index (χ1n) is 6.64. The van der Waals surface area contributed by atoms with Crippen molar-refractivity contribution < 1.29 is 4.79 Å². The van der Waals surface area contributed by atoms with Gasteiger partial charge in [-0.05, 0) is 25.8 Å². The maximum Gasteiger partial charge on any atom is 0.331 e. The number of carbonyl (C=O) groups excluding carboxylic acids is 1. The second kappa shape index (κ2) is 5.69. The van der Waals surface area contributed by atoms with Crippen LogP contribution in [0.25, 0.3) is 0 Å². The van der Waals surface area contributed by atoms with Gasteiger partial charge in [0.2, 0.25) is 0 Å². The summed E-state index contributed by atoms with van der Waals surface area (Å²) in [4.78, 5) is 16.3. The lowest BCUT2D eigenvalue weighted by molar-refractivity contribution is 0.0923. The van der Waals surface area contributed by atoms with Crippen LogP contribution in [0.1, 0.15) is 19.8 Å². The smallest absolute Gasteiger partial charge is 0.323 e. The lowest BCUT2D eigenvalue weighted by Gasteiger charge is -2.36. The number of piperazine rings is 1. The number of rotatable bonds is 1. The van der Waals surface area contributed by atoms with E-state index in [9.17, 15) is 4.79 Å². The van der Waals surface area contributed by atoms with Gasteiger partial charge in [0.1, 0.15) is 0 Å². The second-order valence-electron chi connectivity index (χ2n) is 5.40. The maximum absolute atomic E-state index is 12.1. The summed E-state index contributed by atoms with van der Waals surface area (Å²) in [5.41, 5.74) is 3.02. The number of likely N-dealkylation sites (tertiary alicyclic amines) is 1. The van der Waals surface area contributed by atoms with Crippen LogP contribution in [0.15, 0.2) is 0 Å². The van der Waals surface area contributed by atoms with Gasteiger partial charge in [0.25, 0.3) is 0 Å². The quantitative estimate of drug-likeness (QED) is 0.729. The number of nitrogens with zero attached hydrogens (tertiary/aromatic N) is 3. The maximum atomic E-state index is 12.1. The molecule has 0 aliphatic carbocycles. The van der Waals surface area contributed by atoms with E-state index >= 15 is 0 Å². The van der Waals surface area contributed by atoms with E-state index in [4.69, 9.17) is 0 Å². The van der Waals surface area contributed by atoms with E-state index in [-0.39, 0.29) is 6.03 Å². The molecule has 5 heteroatoms. The van der Waals surface area contributed by atoms with Crippen molar-refractivity contribution in [3.05, 3.63) is 0 Å². The van der Waals surface area contributed by atoms with Crippen LogP contribution in [0.4, 0.5) is 4.79 Å². The van der Waals surface area contributed by atoms with E-state index < -0.39 is 0 Å². The number of hydrazine groups is 1. The van der Waals surface area contributed by atoms with Gasteiger partial charge in [-0.1, -0.05) is 6.92 Å². The van der Waals surface area contributed by atoms with Gasteiger partial charge in [-0.15, -0.1) is 0 Å². The Bertz CT molecular complexity index is 263. The molecule has 1 atom stereocenters. The molecule has 0 radical (unpaired) electrons. The Morgan fingerprint density at radius 3 is 2.53 bits per heavy atom. The summed E-state index contributed by atoms with van der Waals surface area (Å²) in [5, 5.41) is 2.04. The van der Waals surface area contributed by atoms with Crippen molar-refractivity contribution in [3.63, 3.8) is 0 Å². The van der Waals surface area contributed by atoms with Crippen LogP contribution in [0.2, 0.25) is 0 Å². The zero-order valence-electron chi connectivity index (χ0n) is 11.0. The monoisotopic (exact) mass is 240 g/mol. The number of hydrogen-bond acceptors (Lipinski definition) is 3. The van der Waals surface area contributed by atoms with Gasteiger partial charge >= 0.3 is 6.03 Å². The zero-order chi connectivity index (χ0) is 12.3. The molecule has 2 rings (SSSR count). The molecule has 2 aliphatic rings. The lowest BCUT2D eigenvalue weighted by atomic mass is 10.0. The Hall–Kier alpha value is -0.810. The van der Waals surface area contributed by atoms with E-state index in [1.165, 1.54) is 6.42 Å². The molecule has 5 nitrogen and oxygen atoms in total. The SMILES string of the molecule is CC1CCCN(C(=O)NN2CCN(C)CC2)C1. The van der Waals surface area contributed by atoms with Gasteiger partial charge in [-0.2, -0.15) is 0 Å². The summed E-state index contributed by atoms with van der Waals surface area (Å²) in [7, 11) is 2.12. The number of hydrogen-bond donors (Lipinski definition) is 1. The number of nitrogens with one attached hydrogen (secondary N) is 1. The average molecular weight is 240 g/mol. The Kier molecular flexibility index (Phi) is 4.23. The van der Waals surface area contributed by atoms with Gasteiger partial charge in [-0.3, -0.25) is 5.43 Å². The van der Waals surface area contributed by atoms with Crippen molar-refractivity contribution in [2.75, 3.05) is 46.3 Å². The molecule has 1 N–H and O–H groups in total. The van der Waals surface area contributed by atoms with E-state index in [0.717, 1.165) is 45.7 Å². The molecule has 0 saturated carbocycles. The molecule has 0 aromatic carbocycles. The summed E-state index contributed by atoms with van der Waals surface area (Å²) in [6.45, 7) is 7.92. The number of amides is 2. The van der Waals surface area contributed by atoms with E-state index in [1.54, 1.807) is 0 Å². The van der Waals surface area contributed by atoms with Crippen molar-refractivity contribution in [1.82, 2.24) is 20.2 Å². The van der Waals surface area contributed by atoms with Crippen molar-refractivity contribution in [2.24, 2.45) is 5.92 Å². The summed E-state index contributed by atoms with van der Waals surface area (Å²) in [6, 6.07) is 0.0844. The summed E-state index contributed by atoms with van der Waals surface area (Å²) in [5.74, 6) is 0.641. The first-order valence-corrected chi connectivity index (χ1v) is 6.64. The molecule has 17 heavy (non-hydrogen) atoms. The summed E-state index contributed by atoms with van der Waals surface area (Å²) >= 11 is 0. The summed E-state index contributed by atoms with van der Waals surface area (Å²) < 4.78 is 0. The molecule has 2 fully saturated rings. The predicted octanol–water partition coefficient (Wildman–Crippen LogP) is 0.590. The molecule has 2 amide bonds. The summed E-state index contributed by atoms with van der Waals surface area (Å²) in [6.07, 6.45) is 2.38. The van der Waals surface area contributed by atoms with Gasteiger partial charge in [0.15, 0.2) is 0 Å². The third kappa shape index (κ3) is 3.57. The largest absolute Gasteiger partial charge is 0.331 e. The molecule has 0 spiro atoms. The van der Waals surface area contributed by atoms with Crippen LogP contribution >= 0.6 is 0 Å². The van der Waals surface area contributed by atoms with Crippen molar-refractivity contribution in [3.8, 4) is 0 Å². The number of carbonyl (C=O) groups is 1. The molecule has 1 unspecified atom stereocenters. The minimum absolute atomic E-state index is 0.0844. The lowest BCUT2D eigenvalue weighted by Crippen LogP contribution is -2.56. The van der Waals surface area contributed by atoms with Crippen LogP contribution < -0.4 is 5.43 Å². The fourth-order valence-electron chi connectivity index (χ4n) is 2.50. The molecule has 0 aromatic rings. The van der Waals surface area contributed by atoms with Crippen LogP contribution in [0.3, 0.4) is 0 Å². The van der Waals surface area contributed by atoms with Crippen molar-refractivity contribution >= 4 is 6.03 Å². The fourth-order valence-corrected chi connectivity index (χ4v) is 2.50. The fraction of sp³-hybridized carbons (Fsp3) is 0.917. The Balaban J connectivity index is 1.76. The molecule has 0 aromatic heterocycles. The highest BCUT2D eigenvalue weighted by Gasteiger charge is 2.23. The first kappa shape index (κ1) is 12.6. The molecule has 2 aliphatic heterocycles. The second-order valence-corrected chi connectivity index (χ2v) is 5.40. The van der Waals surface area contributed by atoms with Gasteiger partial charge in [0.05, 0.1) is 0 Å². The number of urea groups is 1. The Morgan fingerprint density at radius 2 is 1.88 bits per heavy atom. The molecular formula is C12H24N4O. The number of likely N-dealkylation sites (N-methyl/N-ethyl adjacent to an activating group) is 1. The topological polar surface area (TPSA) is 38.8 Å². The molecule has 2 heterocycles. The highest BCUT2D eigenvalue weighted by molar-refractivity contribution is 5.73. The first-order chi connectivity index (χ1) is 8.15. The molecule has 98 valence electrons. The van der Waals surface area contributed by atoms with Crippen LogP contribution in [-0.4, -0.2) is 67.2 Å². The molecular weight excluding hydrogens is 216 g/mol. The third-order valence-corrected chi connectivity index (χ3v) is 3.70. The van der Waals surface area contributed by atoms with Crippen LogP contribution in [-0.2, 0) is 0 Å². The normalized spacial score (nSPS) is 28.1. The van der Waals surface area contributed by atoms with Crippen molar-refractivity contribution in [1.29, 1.82) is 0 Å². The van der Waals surface area contributed by atoms with Gasteiger partial charge in [-0.25, -0.2) is 9.80 Å². The minimum Gasteiger partial charge on any atom is -0.323 e. The van der Waals surface area contributed by atoms with E-state index in [1.807, 2.05) is 9.91 Å². The van der Waals surface area contributed by atoms with Gasteiger partial charge < -0.3 is 9.80 Å². The Morgan fingerprint density at radius 1 is 1.18 bits per heavy atom. The number of piperidine rings is 1. The highest BCUT2D eigenvalue weighted by atomic mass is 16.2. The predicted molar refractivity (Wildman–Crippen MR) is 67.6 cm³/mol. The van der Waals surface area contributed by atoms with Crippen LogP contribution in [0, 0.1) is 5.92 Å². The third-order valence-electron chi connectivity index (χ3n) is 3.70. The van der Waals surface area contributed by atoms with Crippen molar-refractivity contribution in [2.45, 2.75) is 19.8 Å². The van der Waals surface area contributed by atoms with E-state index in [2.05, 4.69) is 24.3 Å². The minimum atomic E-state index is 0.0844. The zero-order valence-corrected chi connectivity index (χ0v) is 11.0. The molecule has 2 saturated heterocycles.